The summed E-state index contributed by atoms with van der Waals surface area (Å²) < 4.78 is 10.4. The van der Waals surface area contributed by atoms with Crippen LogP contribution in [0.15, 0.2) is 60.8 Å². The molecule has 0 aliphatic rings. The normalized spacial score (nSPS) is 10.2. The molecule has 0 fully saturated rings. The van der Waals surface area contributed by atoms with Gasteiger partial charge in [-0.25, -0.2) is 4.98 Å². The summed E-state index contributed by atoms with van der Waals surface area (Å²) in [5.74, 6) is 1.57. The van der Waals surface area contributed by atoms with E-state index < -0.39 is 0 Å². The van der Waals surface area contributed by atoms with Crippen LogP contribution in [0.5, 0.6) is 11.5 Å². The lowest BCUT2D eigenvalue weighted by Gasteiger charge is -2.11. The summed E-state index contributed by atoms with van der Waals surface area (Å²) in [6.45, 7) is 0. The van der Waals surface area contributed by atoms with E-state index in [-0.39, 0.29) is 5.91 Å². The van der Waals surface area contributed by atoms with Crippen LogP contribution in [0.25, 0.3) is 0 Å². The molecule has 0 aliphatic carbocycles. The first-order chi connectivity index (χ1) is 13.1. The Labute approximate surface area is 162 Å². The minimum atomic E-state index is -0.309. The van der Waals surface area contributed by atoms with E-state index in [1.807, 2.05) is 24.3 Å². The predicted molar refractivity (Wildman–Crippen MR) is 106 cm³/mol. The average Bonchev–Trinajstić information content (AvgIpc) is 2.69. The molecule has 6 nitrogen and oxygen atoms in total. The van der Waals surface area contributed by atoms with Crippen molar-refractivity contribution in [3.63, 3.8) is 0 Å². The molecule has 0 atom stereocenters. The second kappa shape index (κ2) is 8.42. The molecular formula is C20H18ClN3O3. The largest absolute Gasteiger partial charge is 0.497 e. The number of carbonyl (C=O) groups excluding carboxylic acids is 1. The lowest BCUT2D eigenvalue weighted by atomic mass is 10.2. The smallest absolute Gasteiger partial charge is 0.257 e. The first-order valence-corrected chi connectivity index (χ1v) is 8.49. The fourth-order valence-electron chi connectivity index (χ4n) is 2.42. The van der Waals surface area contributed by atoms with E-state index in [0.29, 0.717) is 27.8 Å². The van der Waals surface area contributed by atoms with Crippen LogP contribution in [-0.2, 0) is 0 Å². The topological polar surface area (TPSA) is 72.5 Å². The van der Waals surface area contributed by atoms with Crippen molar-refractivity contribution >= 4 is 34.7 Å². The Hall–Kier alpha value is -3.25. The molecule has 0 unspecified atom stereocenters. The molecule has 2 aromatic carbocycles. The van der Waals surface area contributed by atoms with Gasteiger partial charge in [0, 0.05) is 23.0 Å². The molecule has 2 N–H and O–H groups in total. The van der Waals surface area contributed by atoms with Crippen molar-refractivity contribution in [1.82, 2.24) is 4.98 Å². The number of hydrogen-bond donors (Lipinski definition) is 2. The van der Waals surface area contributed by atoms with Gasteiger partial charge >= 0.3 is 0 Å². The molecule has 0 saturated carbocycles. The van der Waals surface area contributed by atoms with Crippen LogP contribution in [0.2, 0.25) is 5.02 Å². The number of anilines is 3. The third kappa shape index (κ3) is 4.68. The number of ether oxygens (including phenoxy) is 2. The summed E-state index contributed by atoms with van der Waals surface area (Å²) in [6, 6.07) is 15.9. The van der Waals surface area contributed by atoms with Gasteiger partial charge in [0.2, 0.25) is 0 Å². The highest BCUT2D eigenvalue weighted by Gasteiger charge is 2.11. The van der Waals surface area contributed by atoms with Crippen LogP contribution in [0, 0.1) is 0 Å². The zero-order valence-electron chi connectivity index (χ0n) is 14.8. The van der Waals surface area contributed by atoms with Crippen LogP contribution < -0.4 is 20.1 Å². The van der Waals surface area contributed by atoms with Gasteiger partial charge in [-0.2, -0.15) is 0 Å². The zero-order valence-corrected chi connectivity index (χ0v) is 15.6. The number of nitrogens with zero attached hydrogens (tertiary/aromatic N) is 1. The Morgan fingerprint density at radius 3 is 2.59 bits per heavy atom. The lowest BCUT2D eigenvalue weighted by Crippen LogP contribution is -2.13. The zero-order chi connectivity index (χ0) is 19.2. The fraction of sp³-hybridized carbons (Fsp3) is 0.100. The molecule has 1 amide bonds. The second-order valence-corrected chi connectivity index (χ2v) is 6.02. The van der Waals surface area contributed by atoms with Gasteiger partial charge in [-0.1, -0.05) is 17.7 Å². The van der Waals surface area contributed by atoms with Crippen molar-refractivity contribution < 1.29 is 14.3 Å². The molecule has 27 heavy (non-hydrogen) atoms. The molecule has 0 aliphatic heterocycles. The van der Waals surface area contributed by atoms with Gasteiger partial charge in [-0.3, -0.25) is 4.79 Å². The van der Waals surface area contributed by atoms with Crippen molar-refractivity contribution in [2.75, 3.05) is 24.9 Å². The van der Waals surface area contributed by atoms with Crippen LogP contribution in [0.3, 0.4) is 0 Å². The van der Waals surface area contributed by atoms with E-state index in [0.717, 1.165) is 11.4 Å². The Morgan fingerprint density at radius 2 is 1.89 bits per heavy atom. The van der Waals surface area contributed by atoms with Crippen LogP contribution in [0.4, 0.5) is 17.2 Å². The Balaban J connectivity index is 1.71. The summed E-state index contributed by atoms with van der Waals surface area (Å²) in [7, 11) is 3.14. The molecule has 1 aromatic heterocycles. The van der Waals surface area contributed by atoms with Gasteiger partial charge < -0.3 is 20.1 Å². The Morgan fingerprint density at radius 1 is 1.04 bits per heavy atom. The minimum absolute atomic E-state index is 0.309. The van der Waals surface area contributed by atoms with Crippen molar-refractivity contribution in [3.8, 4) is 11.5 Å². The Kier molecular flexibility index (Phi) is 5.78. The molecule has 3 rings (SSSR count). The number of halogens is 1. The monoisotopic (exact) mass is 383 g/mol. The number of carbonyl (C=O) groups is 1. The number of hydrogen-bond acceptors (Lipinski definition) is 5. The van der Waals surface area contributed by atoms with E-state index in [1.54, 1.807) is 37.4 Å². The van der Waals surface area contributed by atoms with Gasteiger partial charge in [-0.15, -0.1) is 0 Å². The molecule has 3 aromatic rings. The Bertz CT molecular complexity index is 945. The van der Waals surface area contributed by atoms with E-state index in [1.165, 1.54) is 13.3 Å². The van der Waals surface area contributed by atoms with E-state index >= 15 is 0 Å². The summed E-state index contributed by atoms with van der Waals surface area (Å²) in [5.41, 5.74) is 1.74. The van der Waals surface area contributed by atoms with Gasteiger partial charge in [0.25, 0.3) is 5.91 Å². The van der Waals surface area contributed by atoms with Crippen LogP contribution in [0.1, 0.15) is 10.4 Å². The van der Waals surface area contributed by atoms with Gasteiger partial charge in [0.1, 0.15) is 17.3 Å². The maximum absolute atomic E-state index is 12.5. The number of amides is 1. The van der Waals surface area contributed by atoms with Gasteiger partial charge in [0.05, 0.1) is 25.5 Å². The van der Waals surface area contributed by atoms with Crippen molar-refractivity contribution in [2.45, 2.75) is 0 Å². The molecule has 1 heterocycles. The first-order valence-electron chi connectivity index (χ1n) is 8.11. The first kappa shape index (κ1) is 18.5. The minimum Gasteiger partial charge on any atom is -0.497 e. The predicted octanol–water partition coefficient (Wildman–Crippen LogP) is 4.75. The number of pyridine rings is 1. The maximum Gasteiger partial charge on any atom is 0.257 e. The van der Waals surface area contributed by atoms with E-state index in [2.05, 4.69) is 15.6 Å². The molecular weight excluding hydrogens is 366 g/mol. The molecule has 7 heteroatoms. The van der Waals surface area contributed by atoms with Crippen molar-refractivity contribution in [1.29, 1.82) is 0 Å². The second-order valence-electron chi connectivity index (χ2n) is 5.59. The van der Waals surface area contributed by atoms with E-state index in [9.17, 15) is 4.79 Å². The molecule has 0 saturated heterocycles. The maximum atomic E-state index is 12.5. The van der Waals surface area contributed by atoms with Gasteiger partial charge in [0.15, 0.2) is 0 Å². The molecule has 138 valence electrons. The van der Waals surface area contributed by atoms with Crippen molar-refractivity contribution in [2.24, 2.45) is 0 Å². The van der Waals surface area contributed by atoms with Crippen LogP contribution >= 0.6 is 11.6 Å². The van der Waals surface area contributed by atoms with Crippen LogP contribution in [-0.4, -0.2) is 25.1 Å². The number of methoxy groups -OCH3 is 2. The third-order valence-electron chi connectivity index (χ3n) is 3.78. The molecule has 0 bridgehead atoms. The quantitative estimate of drug-likeness (QED) is 0.642. The van der Waals surface area contributed by atoms with E-state index in [4.69, 9.17) is 21.1 Å². The van der Waals surface area contributed by atoms with Crippen molar-refractivity contribution in [3.05, 3.63) is 71.4 Å². The number of aromatic nitrogens is 1. The standard InChI is InChI=1S/C20H18ClN3O3/c1-26-16-5-3-4-15(11-16)23-19-9-6-13(12-22-19)20(25)24-17-10-14(21)7-8-18(17)27-2/h3-12H,1-2H3,(H,22,23)(H,24,25). The SMILES string of the molecule is COc1cccc(Nc2ccc(C(=O)Nc3cc(Cl)ccc3OC)cn2)c1. The fourth-order valence-corrected chi connectivity index (χ4v) is 2.60. The summed E-state index contributed by atoms with van der Waals surface area (Å²) in [5, 5.41) is 6.44. The summed E-state index contributed by atoms with van der Waals surface area (Å²) >= 11 is 5.99. The number of benzene rings is 2. The summed E-state index contributed by atoms with van der Waals surface area (Å²) in [4.78, 5) is 16.7. The lowest BCUT2D eigenvalue weighted by molar-refractivity contribution is 0.102. The average molecular weight is 384 g/mol. The highest BCUT2D eigenvalue weighted by Crippen LogP contribution is 2.28. The third-order valence-corrected chi connectivity index (χ3v) is 4.01. The highest BCUT2D eigenvalue weighted by molar-refractivity contribution is 6.31. The molecule has 0 spiro atoms. The number of nitrogens with one attached hydrogen (secondary N) is 2. The van der Waals surface area contributed by atoms with Gasteiger partial charge in [-0.05, 0) is 42.5 Å². The molecule has 0 radical (unpaired) electrons. The highest BCUT2D eigenvalue weighted by atomic mass is 35.5. The number of rotatable bonds is 6. The summed E-state index contributed by atoms with van der Waals surface area (Å²) in [6.07, 6.45) is 1.49.